The third-order valence-electron chi connectivity index (χ3n) is 6.89. The number of nitrogens with zero attached hydrogens (tertiary/aromatic N) is 4. The van der Waals surface area contributed by atoms with E-state index in [1.807, 2.05) is 23.1 Å². The van der Waals surface area contributed by atoms with E-state index in [1.165, 1.54) is 22.7 Å². The lowest BCUT2D eigenvalue weighted by Gasteiger charge is -2.44. The maximum atomic E-state index is 13.4. The Morgan fingerprint density at radius 1 is 1.09 bits per heavy atom. The molecule has 1 saturated heterocycles. The van der Waals surface area contributed by atoms with Crippen LogP contribution in [0.1, 0.15) is 23.9 Å². The number of alkyl halides is 3. The minimum Gasteiger partial charge on any atom is -0.357 e. The van der Waals surface area contributed by atoms with Gasteiger partial charge in [-0.2, -0.15) is 13.2 Å². The van der Waals surface area contributed by atoms with Crippen molar-refractivity contribution in [1.82, 2.24) is 19.8 Å². The number of hydrogen-bond donors (Lipinski definition) is 1. The van der Waals surface area contributed by atoms with E-state index in [0.717, 1.165) is 56.2 Å². The first-order valence-corrected chi connectivity index (χ1v) is 12.2. The van der Waals surface area contributed by atoms with Crippen LogP contribution in [-0.2, 0) is 19.1 Å². The van der Waals surface area contributed by atoms with Crippen molar-refractivity contribution in [2.45, 2.75) is 32.1 Å². The van der Waals surface area contributed by atoms with E-state index in [2.05, 4.69) is 26.7 Å². The Morgan fingerprint density at radius 2 is 1.91 bits per heavy atom. The number of aromatic amines is 1. The molecule has 1 fully saturated rings. The fourth-order valence-electron chi connectivity index (χ4n) is 5.18. The van der Waals surface area contributed by atoms with Crippen molar-refractivity contribution >= 4 is 39.9 Å². The lowest BCUT2D eigenvalue weighted by atomic mass is 10.0. The Kier molecular flexibility index (Phi) is 6.44. The van der Waals surface area contributed by atoms with E-state index in [1.54, 1.807) is 6.07 Å². The third kappa shape index (κ3) is 4.61. The van der Waals surface area contributed by atoms with Gasteiger partial charge in [-0.3, -0.25) is 9.80 Å². The first-order valence-electron chi connectivity index (χ1n) is 11.5. The fourth-order valence-corrected chi connectivity index (χ4v) is 5.56. The molecule has 1 atom stereocenters. The fraction of sp³-hybridized carbons (Fsp3) is 0.458. The number of aromatic nitrogens is 2. The molecule has 2 aliphatic rings. The van der Waals surface area contributed by atoms with Gasteiger partial charge in [0.1, 0.15) is 5.82 Å². The van der Waals surface area contributed by atoms with Gasteiger partial charge in [-0.1, -0.05) is 30.1 Å². The second-order valence-corrected chi connectivity index (χ2v) is 9.84. The predicted octanol–water partition coefficient (Wildman–Crippen LogP) is 5.46. The molecule has 2 aliphatic heterocycles. The molecule has 0 aliphatic carbocycles. The molecular formula is C24H26Cl2F3N5. The second-order valence-electron chi connectivity index (χ2n) is 9.00. The summed E-state index contributed by atoms with van der Waals surface area (Å²) in [5.74, 6) is 0.329. The van der Waals surface area contributed by atoms with Gasteiger partial charge >= 0.3 is 6.18 Å². The van der Waals surface area contributed by atoms with Gasteiger partial charge < -0.3 is 9.88 Å². The standard InChI is InChI=1S/C24H26Cl2F3N5/c1-2-32-9-10-34(22-6-4-19(26)23(31-22)24(27,28)29)16(12-32)13-33-8-7-17-18-11-15(25)3-5-20(18)30-21(17)14-33/h3-6,11,16,30H,2,7-10,12-14H2,1H3. The van der Waals surface area contributed by atoms with Gasteiger partial charge in [0.15, 0.2) is 5.69 Å². The van der Waals surface area contributed by atoms with Crippen molar-refractivity contribution in [3.05, 3.63) is 57.3 Å². The van der Waals surface area contributed by atoms with Gasteiger partial charge in [0.2, 0.25) is 0 Å². The van der Waals surface area contributed by atoms with Crippen LogP contribution < -0.4 is 4.90 Å². The van der Waals surface area contributed by atoms with Gasteiger partial charge in [0.25, 0.3) is 0 Å². The van der Waals surface area contributed by atoms with Gasteiger partial charge in [-0.25, -0.2) is 4.98 Å². The SMILES string of the molecule is CCN1CCN(c2ccc(Cl)c(C(F)(F)F)n2)C(CN2CCc3c([nH]c4ccc(Cl)cc34)C2)C1. The Bertz CT molecular complexity index is 1200. The van der Waals surface area contributed by atoms with Crippen molar-refractivity contribution in [1.29, 1.82) is 0 Å². The number of likely N-dealkylation sites (N-methyl/N-ethyl adjacent to an activating group) is 1. The minimum atomic E-state index is -4.59. The highest BCUT2D eigenvalue weighted by Gasteiger charge is 2.37. The monoisotopic (exact) mass is 511 g/mol. The molecule has 0 radical (unpaired) electrons. The zero-order valence-electron chi connectivity index (χ0n) is 18.8. The molecule has 0 spiro atoms. The van der Waals surface area contributed by atoms with E-state index in [0.29, 0.717) is 12.4 Å². The number of fused-ring (bicyclic) bond motifs is 3. The average Bonchev–Trinajstić information content (AvgIpc) is 3.15. The summed E-state index contributed by atoms with van der Waals surface area (Å²) in [6.07, 6.45) is -3.69. The van der Waals surface area contributed by atoms with Crippen LogP contribution in [-0.4, -0.2) is 65.1 Å². The molecule has 2 aromatic heterocycles. The topological polar surface area (TPSA) is 38.4 Å². The van der Waals surface area contributed by atoms with E-state index in [9.17, 15) is 13.2 Å². The molecule has 1 unspecified atom stereocenters. The average molecular weight is 512 g/mol. The maximum absolute atomic E-state index is 13.4. The number of anilines is 1. The minimum absolute atomic E-state index is 0.0174. The second kappa shape index (κ2) is 9.22. The first kappa shape index (κ1) is 23.7. The number of piperazine rings is 1. The van der Waals surface area contributed by atoms with Crippen molar-refractivity contribution in [2.24, 2.45) is 0 Å². The quantitative estimate of drug-likeness (QED) is 0.504. The molecule has 182 valence electrons. The molecule has 0 amide bonds. The van der Waals surface area contributed by atoms with E-state index < -0.39 is 11.9 Å². The number of nitrogens with one attached hydrogen (secondary N) is 1. The zero-order valence-corrected chi connectivity index (χ0v) is 20.3. The summed E-state index contributed by atoms with van der Waals surface area (Å²) in [6, 6.07) is 8.82. The van der Waals surface area contributed by atoms with Crippen molar-refractivity contribution in [3.8, 4) is 0 Å². The highest BCUT2D eigenvalue weighted by molar-refractivity contribution is 6.31. The molecular weight excluding hydrogens is 486 g/mol. The van der Waals surface area contributed by atoms with Crippen LogP contribution in [0, 0.1) is 0 Å². The number of H-pyrrole nitrogens is 1. The molecule has 1 N–H and O–H groups in total. The van der Waals surface area contributed by atoms with Crippen molar-refractivity contribution in [2.75, 3.05) is 44.2 Å². The smallest absolute Gasteiger partial charge is 0.357 e. The summed E-state index contributed by atoms with van der Waals surface area (Å²) in [5.41, 5.74) is 2.54. The summed E-state index contributed by atoms with van der Waals surface area (Å²) < 4.78 is 40.3. The van der Waals surface area contributed by atoms with Crippen molar-refractivity contribution in [3.63, 3.8) is 0 Å². The number of rotatable bonds is 4. The van der Waals surface area contributed by atoms with Crippen LogP contribution >= 0.6 is 23.2 Å². The van der Waals surface area contributed by atoms with Crippen LogP contribution in [0.5, 0.6) is 0 Å². The summed E-state index contributed by atoms with van der Waals surface area (Å²) in [5, 5.41) is 1.52. The lowest BCUT2D eigenvalue weighted by molar-refractivity contribution is -0.141. The largest absolute Gasteiger partial charge is 0.434 e. The summed E-state index contributed by atoms with van der Waals surface area (Å²) in [4.78, 5) is 14.2. The van der Waals surface area contributed by atoms with Crippen LogP contribution in [0.15, 0.2) is 30.3 Å². The van der Waals surface area contributed by atoms with Crippen LogP contribution in [0.3, 0.4) is 0 Å². The molecule has 5 nitrogen and oxygen atoms in total. The number of halogens is 5. The zero-order chi connectivity index (χ0) is 24.0. The number of hydrogen-bond acceptors (Lipinski definition) is 4. The summed E-state index contributed by atoms with van der Waals surface area (Å²) >= 11 is 12.0. The van der Waals surface area contributed by atoms with Gasteiger partial charge in [-0.05, 0) is 48.9 Å². The van der Waals surface area contributed by atoms with Gasteiger partial charge in [0, 0.05) is 60.9 Å². The molecule has 1 aromatic carbocycles. The summed E-state index contributed by atoms with van der Waals surface area (Å²) in [6.45, 7) is 7.56. The summed E-state index contributed by atoms with van der Waals surface area (Å²) in [7, 11) is 0. The molecule has 0 bridgehead atoms. The Hall–Kier alpha value is -2.00. The highest BCUT2D eigenvalue weighted by atomic mass is 35.5. The Morgan fingerprint density at radius 3 is 2.68 bits per heavy atom. The number of benzene rings is 1. The molecule has 0 saturated carbocycles. The molecule has 3 aromatic rings. The molecule has 4 heterocycles. The first-order chi connectivity index (χ1) is 16.2. The normalized spacial score (nSPS) is 20.2. The van der Waals surface area contributed by atoms with E-state index in [4.69, 9.17) is 23.2 Å². The van der Waals surface area contributed by atoms with Crippen LogP contribution in [0.2, 0.25) is 10.0 Å². The Balaban J connectivity index is 1.39. The molecule has 10 heteroatoms. The van der Waals surface area contributed by atoms with E-state index in [-0.39, 0.29) is 11.1 Å². The van der Waals surface area contributed by atoms with Crippen LogP contribution in [0.25, 0.3) is 10.9 Å². The van der Waals surface area contributed by atoms with Crippen molar-refractivity contribution < 1.29 is 13.2 Å². The predicted molar refractivity (Wildman–Crippen MR) is 130 cm³/mol. The van der Waals surface area contributed by atoms with E-state index >= 15 is 0 Å². The van der Waals surface area contributed by atoms with Gasteiger partial charge in [-0.15, -0.1) is 0 Å². The molecule has 5 rings (SSSR count). The van der Waals surface area contributed by atoms with Gasteiger partial charge in [0.05, 0.1) is 11.1 Å². The lowest BCUT2D eigenvalue weighted by Crippen LogP contribution is -2.57. The Labute approximate surface area is 206 Å². The van der Waals surface area contributed by atoms with Crippen LogP contribution in [0.4, 0.5) is 19.0 Å². The number of pyridine rings is 1. The maximum Gasteiger partial charge on any atom is 0.434 e. The third-order valence-corrected chi connectivity index (χ3v) is 7.43. The molecule has 34 heavy (non-hydrogen) atoms. The highest BCUT2D eigenvalue weighted by Crippen LogP contribution is 2.35.